The molecule has 0 saturated heterocycles. The number of hydrogen-bond donors (Lipinski definition) is 0. The average molecular weight is 785 g/mol. The van der Waals surface area contributed by atoms with Crippen molar-refractivity contribution in [2.24, 2.45) is 0 Å². The van der Waals surface area contributed by atoms with Gasteiger partial charge in [0.15, 0.2) is 17.5 Å². The van der Waals surface area contributed by atoms with Gasteiger partial charge in [-0.15, -0.1) is 11.3 Å². The number of hydrogen-bond acceptors (Lipinski definition) is 5. The van der Waals surface area contributed by atoms with E-state index < -0.39 is 0 Å². The Morgan fingerprint density at radius 3 is 1.62 bits per heavy atom. The highest BCUT2D eigenvalue weighted by molar-refractivity contribution is 7.26. The molecule has 4 nitrogen and oxygen atoms in total. The maximum absolute atomic E-state index is 5.25. The molecular weight excluding hydrogens is 749 g/mol. The predicted molar refractivity (Wildman–Crippen MR) is 252 cm³/mol. The second kappa shape index (κ2) is 15.2. The van der Waals surface area contributed by atoms with Gasteiger partial charge in [-0.1, -0.05) is 176 Å². The molecule has 2 aromatic heterocycles. The fourth-order valence-corrected chi connectivity index (χ4v) is 9.39. The molecule has 0 aliphatic rings. The first-order valence-electron chi connectivity index (χ1n) is 20.1. The van der Waals surface area contributed by atoms with Gasteiger partial charge in [-0.2, -0.15) is 0 Å². The molecule has 0 fully saturated rings. The molecule has 11 aromatic rings. The lowest BCUT2D eigenvalue weighted by molar-refractivity contribution is 1.08. The fraction of sp³-hybridized carbons (Fsp3) is 0. The lowest BCUT2D eigenvalue weighted by Gasteiger charge is -2.26. The Balaban J connectivity index is 1.07. The second-order valence-corrected chi connectivity index (χ2v) is 15.9. The molecule has 0 spiro atoms. The quantitative estimate of drug-likeness (QED) is 0.154. The number of thiophene rings is 1. The summed E-state index contributed by atoms with van der Waals surface area (Å²) in [5, 5.41) is 4.56. The minimum Gasteiger partial charge on any atom is -0.310 e. The molecule has 0 bridgehead atoms. The van der Waals surface area contributed by atoms with Crippen LogP contribution in [0.2, 0.25) is 0 Å². The van der Waals surface area contributed by atoms with E-state index in [1.54, 1.807) is 11.3 Å². The second-order valence-electron chi connectivity index (χ2n) is 14.8. The summed E-state index contributed by atoms with van der Waals surface area (Å²) in [6, 6.07) is 77.0. The first-order valence-corrected chi connectivity index (χ1v) is 20.9. The first kappa shape index (κ1) is 35.4. The average Bonchev–Trinajstić information content (AvgIpc) is 3.71. The number of fused-ring (bicyclic) bond motifs is 4. The van der Waals surface area contributed by atoms with Crippen LogP contribution in [0.4, 0.5) is 17.1 Å². The number of anilines is 3. The minimum atomic E-state index is 0.647. The molecule has 2 heterocycles. The molecule has 60 heavy (non-hydrogen) atoms. The largest absolute Gasteiger partial charge is 0.310 e. The zero-order chi connectivity index (χ0) is 39.8. The summed E-state index contributed by atoms with van der Waals surface area (Å²) >= 11 is 1.80. The Labute approximate surface area is 352 Å². The highest BCUT2D eigenvalue weighted by Gasteiger charge is 2.20. The summed E-state index contributed by atoms with van der Waals surface area (Å²) in [5.41, 5.74) is 10.9. The van der Waals surface area contributed by atoms with Crippen LogP contribution in [0, 0.1) is 0 Å². The van der Waals surface area contributed by atoms with E-state index >= 15 is 0 Å². The van der Waals surface area contributed by atoms with Gasteiger partial charge in [0.2, 0.25) is 0 Å². The molecular formula is C55H36N4S. The van der Waals surface area contributed by atoms with Crippen LogP contribution in [-0.4, -0.2) is 15.0 Å². The van der Waals surface area contributed by atoms with Gasteiger partial charge >= 0.3 is 0 Å². The van der Waals surface area contributed by atoms with Crippen LogP contribution in [0.15, 0.2) is 218 Å². The molecule has 9 aromatic carbocycles. The molecule has 0 aliphatic carbocycles. The van der Waals surface area contributed by atoms with E-state index in [0.717, 1.165) is 49.9 Å². The zero-order valence-electron chi connectivity index (χ0n) is 32.5. The van der Waals surface area contributed by atoms with Crippen LogP contribution >= 0.6 is 11.3 Å². The zero-order valence-corrected chi connectivity index (χ0v) is 33.3. The van der Waals surface area contributed by atoms with Crippen LogP contribution < -0.4 is 4.90 Å². The normalized spacial score (nSPS) is 11.3. The summed E-state index contributed by atoms with van der Waals surface area (Å²) < 4.78 is 2.37. The maximum atomic E-state index is 5.25. The molecule has 282 valence electrons. The topological polar surface area (TPSA) is 41.9 Å². The Morgan fingerprint density at radius 1 is 0.317 bits per heavy atom. The maximum Gasteiger partial charge on any atom is 0.164 e. The van der Waals surface area contributed by atoms with Gasteiger partial charge in [0, 0.05) is 53.9 Å². The summed E-state index contributed by atoms with van der Waals surface area (Å²) in [4.78, 5) is 17.9. The van der Waals surface area contributed by atoms with Crippen molar-refractivity contribution < 1.29 is 0 Å². The van der Waals surface area contributed by atoms with E-state index in [1.165, 1.54) is 37.0 Å². The number of nitrogens with zero attached hydrogens (tertiary/aromatic N) is 4. The van der Waals surface area contributed by atoms with Crippen molar-refractivity contribution in [1.82, 2.24) is 15.0 Å². The van der Waals surface area contributed by atoms with E-state index in [1.807, 2.05) is 18.2 Å². The minimum absolute atomic E-state index is 0.647. The lowest BCUT2D eigenvalue weighted by Crippen LogP contribution is -2.09. The molecule has 0 saturated carbocycles. The van der Waals surface area contributed by atoms with Crippen LogP contribution in [0.1, 0.15) is 0 Å². The SMILES string of the molecule is c1ccc(-c2ccc(N(c3cccc(-c4ccccc4)c3)c3ccc4c(c3)sc3cccc(-c5nc(-c6ccccc6)nc(-c6cccc7ccccc67)n5)c34)cc2)cc1. The molecule has 0 radical (unpaired) electrons. The lowest BCUT2D eigenvalue weighted by atomic mass is 10.0. The standard InChI is InChI=1S/C55H36N4S/c1-4-15-37(16-5-1)39-29-31-43(32-30-39)59(44-24-12-23-42(35-44)38-17-6-2-7-18-38)45-33-34-48-51(36-45)60-50-28-14-27-49(52(48)50)55-57-53(41-20-8-3-9-21-41)56-54(58-55)47-26-13-22-40-19-10-11-25-46(40)47/h1-36H. The van der Waals surface area contributed by atoms with Crippen LogP contribution in [0.25, 0.3) is 87.4 Å². The molecule has 0 unspecified atom stereocenters. The van der Waals surface area contributed by atoms with E-state index in [2.05, 4.69) is 205 Å². The van der Waals surface area contributed by atoms with Crippen molar-refractivity contribution >= 4 is 59.3 Å². The van der Waals surface area contributed by atoms with Crippen molar-refractivity contribution in [3.63, 3.8) is 0 Å². The summed E-state index contributed by atoms with van der Waals surface area (Å²) in [5.74, 6) is 1.95. The smallest absolute Gasteiger partial charge is 0.164 e. The third kappa shape index (κ3) is 6.57. The predicted octanol–water partition coefficient (Wildman–Crippen LogP) is 15.2. The monoisotopic (exact) mass is 784 g/mol. The van der Waals surface area contributed by atoms with E-state index in [9.17, 15) is 0 Å². The molecule has 5 heteroatoms. The van der Waals surface area contributed by atoms with Gasteiger partial charge in [0.05, 0.1) is 0 Å². The third-order valence-electron chi connectivity index (χ3n) is 11.1. The van der Waals surface area contributed by atoms with Gasteiger partial charge in [0.1, 0.15) is 0 Å². The van der Waals surface area contributed by atoms with Crippen molar-refractivity contribution in [2.75, 3.05) is 4.90 Å². The summed E-state index contributed by atoms with van der Waals surface area (Å²) in [7, 11) is 0. The first-order chi connectivity index (χ1) is 29.7. The van der Waals surface area contributed by atoms with Crippen LogP contribution in [0.5, 0.6) is 0 Å². The fourth-order valence-electron chi connectivity index (χ4n) is 8.23. The van der Waals surface area contributed by atoms with E-state index in [-0.39, 0.29) is 0 Å². The van der Waals surface area contributed by atoms with Crippen LogP contribution in [0.3, 0.4) is 0 Å². The molecule has 0 atom stereocenters. The summed E-state index contributed by atoms with van der Waals surface area (Å²) in [6.45, 7) is 0. The number of aromatic nitrogens is 3. The Hall–Kier alpha value is -7.73. The van der Waals surface area contributed by atoms with Crippen molar-refractivity contribution in [3.8, 4) is 56.4 Å². The van der Waals surface area contributed by atoms with Crippen molar-refractivity contribution in [1.29, 1.82) is 0 Å². The molecule has 0 N–H and O–H groups in total. The Kier molecular flexibility index (Phi) is 8.99. The molecule has 0 amide bonds. The van der Waals surface area contributed by atoms with Gasteiger partial charge in [-0.25, -0.2) is 15.0 Å². The van der Waals surface area contributed by atoms with Gasteiger partial charge < -0.3 is 4.90 Å². The van der Waals surface area contributed by atoms with Gasteiger partial charge in [0.25, 0.3) is 0 Å². The van der Waals surface area contributed by atoms with Gasteiger partial charge in [-0.3, -0.25) is 0 Å². The molecule has 11 rings (SSSR count). The highest BCUT2D eigenvalue weighted by atomic mass is 32.1. The van der Waals surface area contributed by atoms with Crippen molar-refractivity contribution in [3.05, 3.63) is 218 Å². The van der Waals surface area contributed by atoms with E-state index in [4.69, 9.17) is 15.0 Å². The number of benzene rings is 9. The van der Waals surface area contributed by atoms with E-state index in [0.29, 0.717) is 17.5 Å². The Bertz CT molecular complexity index is 3300. The van der Waals surface area contributed by atoms with Gasteiger partial charge in [-0.05, 0) is 75.5 Å². The molecule has 0 aliphatic heterocycles. The van der Waals surface area contributed by atoms with Crippen molar-refractivity contribution in [2.45, 2.75) is 0 Å². The highest BCUT2D eigenvalue weighted by Crippen LogP contribution is 2.44. The Morgan fingerprint density at radius 2 is 0.850 bits per heavy atom. The van der Waals surface area contributed by atoms with Crippen LogP contribution in [-0.2, 0) is 0 Å². The third-order valence-corrected chi connectivity index (χ3v) is 12.2. The number of rotatable bonds is 8. The summed E-state index contributed by atoms with van der Waals surface area (Å²) in [6.07, 6.45) is 0.